The molecule has 0 saturated carbocycles. The molecule has 3 aromatic rings. The summed E-state index contributed by atoms with van der Waals surface area (Å²) in [4.78, 5) is 28.2. The van der Waals surface area contributed by atoms with Crippen LogP contribution >= 0.6 is 0 Å². The quantitative estimate of drug-likeness (QED) is 0.625. The Morgan fingerprint density at radius 1 is 1.12 bits per heavy atom. The van der Waals surface area contributed by atoms with Gasteiger partial charge in [-0.25, -0.2) is 4.68 Å². The maximum absolute atomic E-state index is 13.1. The monoisotopic (exact) mass is 450 g/mol. The molecule has 2 aromatic carbocycles. The van der Waals surface area contributed by atoms with Gasteiger partial charge in [0.05, 0.1) is 32.1 Å². The minimum Gasteiger partial charge on any atom is -0.493 e. The molecule has 8 nitrogen and oxygen atoms in total. The Bertz CT molecular complexity index is 1230. The summed E-state index contributed by atoms with van der Waals surface area (Å²) in [6, 6.07) is 13.4. The number of ether oxygens (including phenoxy) is 2. The third kappa shape index (κ3) is 4.14. The maximum atomic E-state index is 13.1. The number of fused-ring (bicyclic) bond motifs is 1. The van der Waals surface area contributed by atoms with Crippen LogP contribution in [0.25, 0.3) is 5.69 Å². The van der Waals surface area contributed by atoms with Gasteiger partial charge < -0.3 is 14.8 Å². The largest absolute Gasteiger partial charge is 0.493 e. The summed E-state index contributed by atoms with van der Waals surface area (Å²) in [5.41, 5.74) is 3.83. The van der Waals surface area contributed by atoms with E-state index in [4.69, 9.17) is 9.47 Å². The van der Waals surface area contributed by atoms with E-state index in [1.165, 1.54) is 5.56 Å². The van der Waals surface area contributed by atoms with Crippen LogP contribution in [0.4, 0.5) is 5.69 Å². The molecule has 0 unspecified atom stereocenters. The summed E-state index contributed by atoms with van der Waals surface area (Å²) in [6.07, 6.45) is 0.804. The van der Waals surface area contributed by atoms with E-state index in [0.717, 1.165) is 24.2 Å². The SMILES string of the molecule is COc1cc2c(cc1OC)[C@H](C)N(CC(=O)Nc1c(C)n(C)n(-c3ccccc3)c1=O)CC2. The van der Waals surface area contributed by atoms with Gasteiger partial charge in [0.25, 0.3) is 5.56 Å². The van der Waals surface area contributed by atoms with Crippen LogP contribution in [0.1, 0.15) is 29.8 Å². The van der Waals surface area contributed by atoms with Crippen molar-refractivity contribution in [3.05, 3.63) is 69.6 Å². The highest BCUT2D eigenvalue weighted by Gasteiger charge is 2.28. The molecule has 0 bridgehead atoms. The minimum atomic E-state index is -0.247. The molecule has 1 amide bonds. The zero-order valence-corrected chi connectivity index (χ0v) is 19.7. The van der Waals surface area contributed by atoms with Crippen LogP contribution in [-0.2, 0) is 18.3 Å². The van der Waals surface area contributed by atoms with E-state index in [2.05, 4.69) is 17.1 Å². The van der Waals surface area contributed by atoms with Gasteiger partial charge in [0, 0.05) is 19.6 Å². The summed E-state index contributed by atoms with van der Waals surface area (Å²) < 4.78 is 14.2. The number of hydrogen-bond acceptors (Lipinski definition) is 5. The lowest BCUT2D eigenvalue weighted by atomic mass is 9.93. The van der Waals surface area contributed by atoms with Crippen LogP contribution in [0.15, 0.2) is 47.3 Å². The van der Waals surface area contributed by atoms with Gasteiger partial charge in [-0.3, -0.25) is 19.2 Å². The second kappa shape index (κ2) is 9.15. The van der Waals surface area contributed by atoms with E-state index in [1.807, 2.05) is 56.4 Å². The van der Waals surface area contributed by atoms with Crippen LogP contribution in [0, 0.1) is 6.92 Å². The molecule has 1 aliphatic heterocycles. The molecule has 4 rings (SSSR count). The Labute approximate surface area is 193 Å². The third-order valence-electron chi connectivity index (χ3n) is 6.48. The number of para-hydroxylation sites is 1. The maximum Gasteiger partial charge on any atom is 0.295 e. The summed E-state index contributed by atoms with van der Waals surface area (Å²) in [5, 5.41) is 2.86. The van der Waals surface area contributed by atoms with Crippen molar-refractivity contribution in [3.8, 4) is 17.2 Å². The van der Waals surface area contributed by atoms with E-state index in [-0.39, 0.29) is 24.1 Å². The lowest BCUT2D eigenvalue weighted by Crippen LogP contribution is -2.40. The van der Waals surface area contributed by atoms with Crippen LogP contribution in [0.2, 0.25) is 0 Å². The predicted octanol–water partition coefficient (Wildman–Crippen LogP) is 3.06. The molecule has 0 saturated heterocycles. The van der Waals surface area contributed by atoms with Gasteiger partial charge in [0.1, 0.15) is 5.69 Å². The van der Waals surface area contributed by atoms with Gasteiger partial charge in [-0.2, -0.15) is 0 Å². The first-order valence-electron chi connectivity index (χ1n) is 11.0. The molecule has 174 valence electrons. The topological polar surface area (TPSA) is 77.7 Å². The Kier molecular flexibility index (Phi) is 6.29. The average molecular weight is 451 g/mol. The molecule has 1 atom stereocenters. The predicted molar refractivity (Wildman–Crippen MR) is 128 cm³/mol. The number of benzene rings is 2. The number of nitrogens with zero attached hydrogens (tertiary/aromatic N) is 3. The molecule has 1 aliphatic rings. The molecule has 0 aliphatic carbocycles. The number of methoxy groups -OCH3 is 2. The Morgan fingerprint density at radius 3 is 2.45 bits per heavy atom. The highest BCUT2D eigenvalue weighted by atomic mass is 16.5. The van der Waals surface area contributed by atoms with Gasteiger partial charge in [0.2, 0.25) is 5.91 Å². The van der Waals surface area contributed by atoms with Crippen LogP contribution in [0.5, 0.6) is 11.5 Å². The molecule has 0 spiro atoms. The van der Waals surface area contributed by atoms with Crippen molar-refractivity contribution in [2.45, 2.75) is 26.3 Å². The smallest absolute Gasteiger partial charge is 0.295 e. The van der Waals surface area contributed by atoms with E-state index >= 15 is 0 Å². The van der Waals surface area contributed by atoms with Crippen molar-refractivity contribution >= 4 is 11.6 Å². The van der Waals surface area contributed by atoms with Crippen molar-refractivity contribution in [1.82, 2.24) is 14.3 Å². The lowest BCUT2D eigenvalue weighted by molar-refractivity contribution is -0.117. The zero-order chi connectivity index (χ0) is 23.7. The molecule has 1 N–H and O–H groups in total. The molecule has 8 heteroatoms. The summed E-state index contributed by atoms with van der Waals surface area (Å²) in [6.45, 7) is 4.83. The Morgan fingerprint density at radius 2 is 1.79 bits per heavy atom. The fourth-order valence-electron chi connectivity index (χ4n) is 4.49. The molecule has 2 heterocycles. The Balaban J connectivity index is 1.53. The van der Waals surface area contributed by atoms with Crippen molar-refractivity contribution < 1.29 is 14.3 Å². The number of amides is 1. The normalized spacial score (nSPS) is 15.7. The van der Waals surface area contributed by atoms with Gasteiger partial charge in [-0.15, -0.1) is 0 Å². The zero-order valence-electron chi connectivity index (χ0n) is 19.7. The number of nitrogens with one attached hydrogen (secondary N) is 1. The second-order valence-corrected chi connectivity index (χ2v) is 8.29. The van der Waals surface area contributed by atoms with Crippen LogP contribution in [0.3, 0.4) is 0 Å². The molecule has 0 radical (unpaired) electrons. The van der Waals surface area contributed by atoms with Gasteiger partial charge in [0.15, 0.2) is 11.5 Å². The van der Waals surface area contributed by atoms with Crippen molar-refractivity contribution in [3.63, 3.8) is 0 Å². The van der Waals surface area contributed by atoms with Crippen molar-refractivity contribution in [1.29, 1.82) is 0 Å². The number of aromatic nitrogens is 2. The molecule has 1 aromatic heterocycles. The van der Waals surface area contributed by atoms with E-state index < -0.39 is 0 Å². The number of carbonyl (C=O) groups excluding carboxylic acids is 1. The van der Waals surface area contributed by atoms with Crippen LogP contribution < -0.4 is 20.3 Å². The first-order chi connectivity index (χ1) is 15.8. The summed E-state index contributed by atoms with van der Waals surface area (Å²) in [5.74, 6) is 1.18. The minimum absolute atomic E-state index is 0.0251. The third-order valence-corrected chi connectivity index (χ3v) is 6.48. The van der Waals surface area contributed by atoms with Gasteiger partial charge in [-0.1, -0.05) is 18.2 Å². The number of anilines is 1. The molecular formula is C25H30N4O4. The highest BCUT2D eigenvalue weighted by Crippen LogP contribution is 2.37. The number of carbonyl (C=O) groups is 1. The molecule has 0 fully saturated rings. The summed E-state index contributed by atoms with van der Waals surface area (Å²) >= 11 is 0. The fourth-order valence-corrected chi connectivity index (χ4v) is 4.49. The number of hydrogen-bond donors (Lipinski definition) is 1. The first-order valence-corrected chi connectivity index (χ1v) is 11.0. The summed E-state index contributed by atoms with van der Waals surface area (Å²) in [7, 11) is 5.06. The highest BCUT2D eigenvalue weighted by molar-refractivity contribution is 5.92. The second-order valence-electron chi connectivity index (χ2n) is 8.29. The van der Waals surface area contributed by atoms with Crippen molar-refractivity contribution in [2.75, 3.05) is 32.6 Å². The standard InChI is InChI=1S/C25H30N4O4/c1-16-20-14-22(33-5)21(32-4)13-18(20)11-12-28(16)15-23(30)26-24-17(2)27(3)29(25(24)31)19-9-7-6-8-10-19/h6-10,13-14,16H,11-12,15H2,1-5H3,(H,26,30)/t16-/m0/s1. The van der Waals surface area contributed by atoms with E-state index in [9.17, 15) is 9.59 Å². The van der Waals surface area contributed by atoms with E-state index in [1.54, 1.807) is 23.6 Å². The fraction of sp³-hybridized carbons (Fsp3) is 0.360. The van der Waals surface area contributed by atoms with Crippen molar-refractivity contribution in [2.24, 2.45) is 7.05 Å². The van der Waals surface area contributed by atoms with Gasteiger partial charge >= 0.3 is 0 Å². The average Bonchev–Trinajstić information content (AvgIpc) is 3.03. The molecule has 33 heavy (non-hydrogen) atoms. The first kappa shape index (κ1) is 22.7. The Hall–Kier alpha value is -3.52. The lowest BCUT2D eigenvalue weighted by Gasteiger charge is -2.35. The number of rotatable bonds is 6. The van der Waals surface area contributed by atoms with Crippen LogP contribution in [-0.4, -0.2) is 47.5 Å². The molecular weight excluding hydrogens is 420 g/mol. The van der Waals surface area contributed by atoms with Gasteiger partial charge in [-0.05, 0) is 55.7 Å². The van der Waals surface area contributed by atoms with E-state index in [0.29, 0.717) is 22.9 Å².